The van der Waals surface area contributed by atoms with Crippen molar-refractivity contribution < 1.29 is 14.0 Å². The molecule has 0 fully saturated rings. The normalized spacial score (nSPS) is 10.4. The number of carbonyl (C=O) groups is 2. The van der Waals surface area contributed by atoms with Crippen LogP contribution in [0.25, 0.3) is 0 Å². The van der Waals surface area contributed by atoms with Gasteiger partial charge < -0.3 is 9.73 Å². The lowest BCUT2D eigenvalue weighted by Crippen LogP contribution is -2.24. The lowest BCUT2D eigenvalue weighted by Gasteiger charge is -2.04. The van der Waals surface area contributed by atoms with Gasteiger partial charge in [-0.25, -0.2) is 4.98 Å². The first-order valence-electron chi connectivity index (χ1n) is 7.40. The molecule has 0 spiro atoms. The zero-order valence-corrected chi connectivity index (χ0v) is 14.6. The van der Waals surface area contributed by atoms with Gasteiger partial charge in [0.2, 0.25) is 5.91 Å². The topological polar surface area (TPSA) is 84.2 Å². The molecule has 2 N–H and O–H groups in total. The molecule has 8 heteroatoms. The van der Waals surface area contributed by atoms with Gasteiger partial charge in [-0.05, 0) is 29.8 Å². The summed E-state index contributed by atoms with van der Waals surface area (Å²) in [5.41, 5.74) is 1.55. The lowest BCUT2D eigenvalue weighted by atomic mass is 10.2. The smallest absolute Gasteiger partial charge is 0.293 e. The second-order valence-electron chi connectivity index (χ2n) is 5.16. The molecule has 25 heavy (non-hydrogen) atoms. The average Bonchev–Trinajstić information content (AvgIpc) is 3.26. The first-order chi connectivity index (χ1) is 12.1. The molecule has 0 atom stereocenters. The van der Waals surface area contributed by atoms with E-state index in [9.17, 15) is 9.59 Å². The van der Waals surface area contributed by atoms with Crippen LogP contribution in [0.5, 0.6) is 0 Å². The maximum Gasteiger partial charge on any atom is 0.293 e. The van der Waals surface area contributed by atoms with Crippen molar-refractivity contribution in [3.05, 3.63) is 70.1 Å². The standard InChI is InChI=1S/C17H14ClN3O3S/c18-12-5-3-11(4-6-12)9-19-15(22)8-13-10-25-17(20-13)21-16(23)14-2-1-7-24-14/h1-7,10H,8-9H2,(H,19,22)(H,20,21,23). The molecule has 6 nitrogen and oxygen atoms in total. The highest BCUT2D eigenvalue weighted by Gasteiger charge is 2.12. The van der Waals surface area contributed by atoms with E-state index in [0.717, 1.165) is 5.56 Å². The second kappa shape index (κ2) is 7.96. The van der Waals surface area contributed by atoms with E-state index in [4.69, 9.17) is 16.0 Å². The van der Waals surface area contributed by atoms with Crippen LogP contribution in [0.15, 0.2) is 52.5 Å². The number of nitrogens with zero attached hydrogens (tertiary/aromatic N) is 1. The molecule has 0 radical (unpaired) electrons. The van der Waals surface area contributed by atoms with Crippen molar-refractivity contribution in [1.29, 1.82) is 0 Å². The maximum absolute atomic E-state index is 12.0. The Labute approximate surface area is 152 Å². The number of aromatic nitrogens is 1. The Balaban J connectivity index is 1.49. The van der Waals surface area contributed by atoms with Crippen molar-refractivity contribution in [2.45, 2.75) is 13.0 Å². The highest BCUT2D eigenvalue weighted by molar-refractivity contribution is 7.14. The van der Waals surface area contributed by atoms with Crippen molar-refractivity contribution in [3.8, 4) is 0 Å². The number of benzene rings is 1. The SMILES string of the molecule is O=C(Cc1csc(NC(=O)c2ccco2)n1)NCc1ccc(Cl)cc1. The molecule has 1 aromatic carbocycles. The van der Waals surface area contributed by atoms with Crippen molar-refractivity contribution in [2.24, 2.45) is 0 Å². The summed E-state index contributed by atoms with van der Waals surface area (Å²) in [6.45, 7) is 0.419. The van der Waals surface area contributed by atoms with Crippen LogP contribution in [0.1, 0.15) is 21.8 Å². The molecule has 2 aromatic heterocycles. The van der Waals surface area contributed by atoms with Crippen molar-refractivity contribution in [1.82, 2.24) is 10.3 Å². The quantitative estimate of drug-likeness (QED) is 0.690. The van der Waals surface area contributed by atoms with Crippen LogP contribution in [-0.2, 0) is 17.8 Å². The summed E-state index contributed by atoms with van der Waals surface area (Å²) in [4.78, 5) is 28.1. The Kier molecular flexibility index (Phi) is 5.47. The van der Waals surface area contributed by atoms with Crippen LogP contribution in [0, 0.1) is 0 Å². The van der Waals surface area contributed by atoms with Crippen LogP contribution in [0.4, 0.5) is 5.13 Å². The fourth-order valence-corrected chi connectivity index (χ4v) is 2.87. The predicted molar refractivity (Wildman–Crippen MR) is 95.8 cm³/mol. The Morgan fingerprint density at radius 2 is 2.00 bits per heavy atom. The van der Waals surface area contributed by atoms with Gasteiger partial charge in [-0.15, -0.1) is 11.3 Å². The molecule has 0 aliphatic heterocycles. The first kappa shape index (κ1) is 17.2. The van der Waals surface area contributed by atoms with Gasteiger partial charge in [0.15, 0.2) is 10.9 Å². The number of thiazole rings is 1. The molecule has 0 saturated heterocycles. The maximum atomic E-state index is 12.0. The molecule has 128 valence electrons. The monoisotopic (exact) mass is 375 g/mol. The highest BCUT2D eigenvalue weighted by atomic mass is 35.5. The summed E-state index contributed by atoms with van der Waals surface area (Å²) in [5.74, 6) is -0.320. The van der Waals surface area contributed by atoms with E-state index in [1.807, 2.05) is 12.1 Å². The van der Waals surface area contributed by atoms with Crippen LogP contribution < -0.4 is 10.6 Å². The summed E-state index contributed by atoms with van der Waals surface area (Å²) in [5, 5.41) is 8.26. The summed E-state index contributed by atoms with van der Waals surface area (Å²) in [6.07, 6.45) is 1.56. The van der Waals surface area contributed by atoms with E-state index in [1.54, 1.807) is 29.6 Å². The van der Waals surface area contributed by atoms with E-state index in [0.29, 0.717) is 22.4 Å². The minimum Gasteiger partial charge on any atom is -0.459 e. The number of hydrogen-bond acceptors (Lipinski definition) is 5. The largest absolute Gasteiger partial charge is 0.459 e. The van der Waals surface area contributed by atoms with E-state index in [2.05, 4.69) is 15.6 Å². The number of carbonyl (C=O) groups excluding carboxylic acids is 2. The third kappa shape index (κ3) is 4.91. The molecular weight excluding hydrogens is 362 g/mol. The van der Waals surface area contributed by atoms with Crippen molar-refractivity contribution in [3.63, 3.8) is 0 Å². The minimum atomic E-state index is -0.377. The molecule has 3 aromatic rings. The van der Waals surface area contributed by atoms with Gasteiger partial charge in [0, 0.05) is 16.9 Å². The summed E-state index contributed by atoms with van der Waals surface area (Å²) in [6, 6.07) is 10.5. The molecule has 0 unspecified atom stereocenters. The molecule has 3 rings (SSSR count). The van der Waals surface area contributed by atoms with E-state index in [-0.39, 0.29) is 24.0 Å². The molecule has 2 heterocycles. The van der Waals surface area contributed by atoms with Gasteiger partial charge in [0.1, 0.15) is 0 Å². The van der Waals surface area contributed by atoms with Gasteiger partial charge in [0.25, 0.3) is 5.91 Å². The number of halogens is 1. The Bertz CT molecular complexity index is 860. The minimum absolute atomic E-state index is 0.140. The van der Waals surface area contributed by atoms with Gasteiger partial charge in [-0.3, -0.25) is 14.9 Å². The van der Waals surface area contributed by atoms with Gasteiger partial charge in [-0.1, -0.05) is 23.7 Å². The number of anilines is 1. The molecule has 0 aliphatic carbocycles. The summed E-state index contributed by atoms with van der Waals surface area (Å²) in [7, 11) is 0. The predicted octanol–water partition coefficient (Wildman–Crippen LogP) is 3.50. The van der Waals surface area contributed by atoms with Crippen LogP contribution in [0.3, 0.4) is 0 Å². The molecule has 0 bridgehead atoms. The Morgan fingerprint density at radius 1 is 1.20 bits per heavy atom. The number of nitrogens with one attached hydrogen (secondary N) is 2. The molecular formula is C17H14ClN3O3S. The van der Waals surface area contributed by atoms with Crippen LogP contribution >= 0.6 is 22.9 Å². The third-order valence-electron chi connectivity index (χ3n) is 3.26. The highest BCUT2D eigenvalue weighted by Crippen LogP contribution is 2.17. The average molecular weight is 376 g/mol. The van der Waals surface area contributed by atoms with Crippen molar-refractivity contribution >= 4 is 39.9 Å². The van der Waals surface area contributed by atoms with Gasteiger partial charge in [0.05, 0.1) is 18.4 Å². The molecule has 0 aliphatic rings. The number of furan rings is 1. The van der Waals surface area contributed by atoms with Crippen LogP contribution in [-0.4, -0.2) is 16.8 Å². The Hall–Kier alpha value is -2.64. The van der Waals surface area contributed by atoms with Crippen molar-refractivity contribution in [2.75, 3.05) is 5.32 Å². The molecule has 2 amide bonds. The zero-order chi connectivity index (χ0) is 17.6. The zero-order valence-electron chi connectivity index (χ0n) is 13.0. The fraction of sp³-hybridized carbons (Fsp3) is 0.118. The van der Waals surface area contributed by atoms with E-state index >= 15 is 0 Å². The van der Waals surface area contributed by atoms with Gasteiger partial charge >= 0.3 is 0 Å². The molecule has 0 saturated carbocycles. The fourth-order valence-electron chi connectivity index (χ4n) is 2.04. The Morgan fingerprint density at radius 3 is 2.72 bits per heavy atom. The van der Waals surface area contributed by atoms with Gasteiger partial charge in [-0.2, -0.15) is 0 Å². The van der Waals surface area contributed by atoms with E-state index in [1.165, 1.54) is 17.6 Å². The third-order valence-corrected chi connectivity index (χ3v) is 4.32. The van der Waals surface area contributed by atoms with E-state index < -0.39 is 0 Å². The number of amides is 2. The number of rotatable bonds is 6. The summed E-state index contributed by atoms with van der Waals surface area (Å²) >= 11 is 7.08. The van der Waals surface area contributed by atoms with Crippen LogP contribution in [0.2, 0.25) is 5.02 Å². The first-order valence-corrected chi connectivity index (χ1v) is 8.66. The summed E-state index contributed by atoms with van der Waals surface area (Å²) < 4.78 is 5.01. The number of hydrogen-bond donors (Lipinski definition) is 2. The lowest BCUT2D eigenvalue weighted by molar-refractivity contribution is -0.120. The second-order valence-corrected chi connectivity index (χ2v) is 6.45.